The number of fused-ring (bicyclic) bond motifs is 1. The van der Waals surface area contributed by atoms with Crippen molar-refractivity contribution in [3.05, 3.63) is 70.3 Å². The summed E-state index contributed by atoms with van der Waals surface area (Å²) in [6.45, 7) is 10.9. The Labute approximate surface area is 231 Å². The Hall–Kier alpha value is -3.47. The molecule has 0 saturated carbocycles. The fourth-order valence-corrected chi connectivity index (χ4v) is 6.03. The van der Waals surface area contributed by atoms with Gasteiger partial charge in [0.25, 0.3) is 11.8 Å². The molecule has 3 unspecified atom stereocenters. The number of carbonyl (C=O) groups excluding carboxylic acids is 3. The summed E-state index contributed by atoms with van der Waals surface area (Å²) in [5.41, 5.74) is 3.44. The first-order chi connectivity index (χ1) is 18.8. The van der Waals surface area contributed by atoms with Crippen LogP contribution in [0.1, 0.15) is 64.1 Å². The number of carbonyl (C=O) groups is 3. The van der Waals surface area contributed by atoms with Gasteiger partial charge in [0.05, 0.1) is 6.67 Å². The molecule has 0 aromatic heterocycles. The monoisotopic (exact) mass is 526 g/mol. The Kier molecular flexibility index (Phi) is 7.88. The van der Waals surface area contributed by atoms with E-state index in [-0.39, 0.29) is 29.4 Å². The molecule has 204 valence electrons. The third-order valence-electron chi connectivity index (χ3n) is 8.61. The lowest BCUT2D eigenvalue weighted by Crippen LogP contribution is -2.48. The zero-order valence-electron chi connectivity index (χ0n) is 23.2. The Bertz CT molecular complexity index is 1320. The van der Waals surface area contributed by atoms with Gasteiger partial charge in [-0.1, -0.05) is 43.4 Å². The smallest absolute Gasteiger partial charge is 0.253 e. The molecule has 0 spiro atoms. The molecule has 2 aromatic rings. The number of piperazine rings is 1. The summed E-state index contributed by atoms with van der Waals surface area (Å²) in [7, 11) is 0. The molecule has 2 aliphatic heterocycles. The molecule has 2 fully saturated rings. The second-order valence-corrected chi connectivity index (χ2v) is 11.3. The molecular weight excluding hydrogens is 488 g/mol. The number of amides is 2. The van der Waals surface area contributed by atoms with E-state index in [0.717, 1.165) is 61.4 Å². The van der Waals surface area contributed by atoms with Crippen molar-refractivity contribution in [1.29, 1.82) is 0 Å². The van der Waals surface area contributed by atoms with Crippen LogP contribution >= 0.6 is 0 Å². The van der Waals surface area contributed by atoms with Gasteiger partial charge in [-0.15, -0.1) is 0 Å². The van der Waals surface area contributed by atoms with Crippen LogP contribution in [-0.2, 0) is 11.2 Å². The molecule has 3 atom stereocenters. The summed E-state index contributed by atoms with van der Waals surface area (Å²) < 4.78 is 0. The Morgan fingerprint density at radius 1 is 1.08 bits per heavy atom. The molecule has 0 bridgehead atoms. The van der Waals surface area contributed by atoms with Gasteiger partial charge in [-0.25, -0.2) is 0 Å². The molecule has 0 radical (unpaired) electrons. The molecule has 3 aliphatic rings. The molecule has 2 heterocycles. The largest absolute Gasteiger partial charge is 0.341 e. The van der Waals surface area contributed by atoms with Crippen molar-refractivity contribution in [2.75, 3.05) is 39.4 Å². The normalized spacial score (nSPS) is 24.0. The van der Waals surface area contributed by atoms with Crippen molar-refractivity contribution in [2.24, 2.45) is 11.8 Å². The number of nitrogens with zero attached hydrogens (tertiary/aromatic N) is 2. The van der Waals surface area contributed by atoms with E-state index in [1.807, 2.05) is 42.2 Å². The molecule has 2 amide bonds. The van der Waals surface area contributed by atoms with Crippen molar-refractivity contribution < 1.29 is 14.4 Å². The number of aryl methyl sites for hydroxylation is 1. The van der Waals surface area contributed by atoms with Crippen molar-refractivity contribution in [2.45, 2.75) is 45.6 Å². The van der Waals surface area contributed by atoms with Gasteiger partial charge in [0, 0.05) is 49.3 Å². The summed E-state index contributed by atoms with van der Waals surface area (Å²) in [5, 5.41) is 6.18. The fourth-order valence-electron chi connectivity index (χ4n) is 6.03. The molecule has 39 heavy (non-hydrogen) atoms. The minimum absolute atomic E-state index is 0.0474. The van der Waals surface area contributed by atoms with Gasteiger partial charge in [0.2, 0.25) is 0 Å². The highest BCUT2D eigenvalue weighted by Crippen LogP contribution is 2.35. The number of Topliss-reactive ketones (excluding diaryl/α,β-unsaturated/α-hetero) is 1. The minimum atomic E-state index is -1.01. The number of likely N-dealkylation sites (N-methyl/N-ethyl adjacent to an activating group) is 1. The molecule has 2 saturated heterocycles. The standard InChI is InChI=1S/C32H38N4O3/c1-4-35-13-15-36(16-14-35)30(38)25-9-6-24(7-10-25)11-12-32(31(39)33-21-34-32)20-23(3)27-18-26-8-5-22(2)17-28(26)29(37)19-27/h5-10,17,23,27,34H,4,13-16,18-21H2,1-3H3,(H,33,39). The molecule has 1 aliphatic carbocycles. The first kappa shape index (κ1) is 27.1. The first-order valence-electron chi connectivity index (χ1n) is 14.1. The maximum Gasteiger partial charge on any atom is 0.253 e. The fraction of sp³-hybridized carbons (Fsp3) is 0.469. The number of hydrogen-bond acceptors (Lipinski definition) is 5. The van der Waals surface area contributed by atoms with Gasteiger partial charge < -0.3 is 15.1 Å². The van der Waals surface area contributed by atoms with Gasteiger partial charge in [-0.3, -0.25) is 19.7 Å². The van der Waals surface area contributed by atoms with E-state index >= 15 is 0 Å². The Balaban J connectivity index is 1.28. The Morgan fingerprint density at radius 2 is 1.82 bits per heavy atom. The van der Waals surface area contributed by atoms with Crippen molar-refractivity contribution in [1.82, 2.24) is 20.4 Å². The number of ketones is 1. The topological polar surface area (TPSA) is 81.8 Å². The van der Waals surface area contributed by atoms with Gasteiger partial charge in [-0.05, 0) is 74.0 Å². The summed E-state index contributed by atoms with van der Waals surface area (Å²) in [5.74, 6) is 6.79. The summed E-state index contributed by atoms with van der Waals surface area (Å²) >= 11 is 0. The van der Waals surface area contributed by atoms with Crippen molar-refractivity contribution in [3.63, 3.8) is 0 Å². The van der Waals surface area contributed by atoms with Gasteiger partial charge in [-0.2, -0.15) is 0 Å². The van der Waals surface area contributed by atoms with Crippen LogP contribution in [0.4, 0.5) is 0 Å². The summed E-state index contributed by atoms with van der Waals surface area (Å²) in [4.78, 5) is 43.1. The second kappa shape index (κ2) is 11.3. The molecule has 7 heteroatoms. The quantitative estimate of drug-likeness (QED) is 0.586. The summed E-state index contributed by atoms with van der Waals surface area (Å²) in [6, 6.07) is 13.5. The predicted octanol–water partition coefficient (Wildman–Crippen LogP) is 3.01. The highest BCUT2D eigenvalue weighted by atomic mass is 16.2. The lowest BCUT2D eigenvalue weighted by molar-refractivity contribution is -0.122. The van der Waals surface area contributed by atoms with E-state index in [1.54, 1.807) is 0 Å². The van der Waals surface area contributed by atoms with E-state index in [2.05, 4.69) is 53.4 Å². The van der Waals surface area contributed by atoms with Crippen LogP contribution < -0.4 is 10.6 Å². The van der Waals surface area contributed by atoms with Gasteiger partial charge in [0.15, 0.2) is 11.3 Å². The lowest BCUT2D eigenvalue weighted by atomic mass is 9.73. The van der Waals surface area contributed by atoms with E-state index in [1.165, 1.54) is 0 Å². The SMILES string of the molecule is CCN1CCN(C(=O)c2ccc(C#CC3(CC(C)C4CC(=O)c5cc(C)ccc5C4)NCNC3=O)cc2)CC1. The average molecular weight is 527 g/mol. The van der Waals surface area contributed by atoms with E-state index < -0.39 is 5.54 Å². The molecular formula is C32H38N4O3. The van der Waals surface area contributed by atoms with Crippen LogP contribution in [-0.4, -0.2) is 72.3 Å². The highest BCUT2D eigenvalue weighted by Gasteiger charge is 2.43. The van der Waals surface area contributed by atoms with E-state index in [9.17, 15) is 14.4 Å². The Morgan fingerprint density at radius 3 is 2.49 bits per heavy atom. The van der Waals surface area contributed by atoms with Crippen LogP contribution in [0.15, 0.2) is 42.5 Å². The lowest BCUT2D eigenvalue weighted by Gasteiger charge is -2.34. The van der Waals surface area contributed by atoms with Gasteiger partial charge in [0.1, 0.15) is 0 Å². The number of nitrogens with one attached hydrogen (secondary N) is 2. The second-order valence-electron chi connectivity index (χ2n) is 11.3. The first-order valence-corrected chi connectivity index (χ1v) is 14.1. The van der Waals surface area contributed by atoms with Crippen LogP contribution in [0.5, 0.6) is 0 Å². The van der Waals surface area contributed by atoms with Gasteiger partial charge >= 0.3 is 0 Å². The molecule has 7 nitrogen and oxygen atoms in total. The number of benzene rings is 2. The van der Waals surface area contributed by atoms with Crippen LogP contribution in [0.3, 0.4) is 0 Å². The highest BCUT2D eigenvalue weighted by molar-refractivity contribution is 5.99. The van der Waals surface area contributed by atoms with E-state index in [4.69, 9.17) is 0 Å². The van der Waals surface area contributed by atoms with Crippen molar-refractivity contribution in [3.8, 4) is 11.8 Å². The van der Waals surface area contributed by atoms with E-state index in [0.29, 0.717) is 25.1 Å². The van der Waals surface area contributed by atoms with Crippen LogP contribution in [0.25, 0.3) is 0 Å². The number of rotatable bonds is 5. The molecule has 2 aromatic carbocycles. The predicted molar refractivity (Wildman–Crippen MR) is 151 cm³/mol. The third-order valence-corrected chi connectivity index (χ3v) is 8.61. The van der Waals surface area contributed by atoms with Crippen molar-refractivity contribution >= 4 is 17.6 Å². The zero-order valence-corrected chi connectivity index (χ0v) is 23.2. The van der Waals surface area contributed by atoms with Crippen LogP contribution in [0, 0.1) is 30.6 Å². The molecule has 2 N–H and O–H groups in total. The summed E-state index contributed by atoms with van der Waals surface area (Å²) in [6.07, 6.45) is 1.84. The zero-order chi connectivity index (χ0) is 27.6. The third kappa shape index (κ3) is 5.78. The maximum absolute atomic E-state index is 13.0. The maximum atomic E-state index is 13.0. The number of hydrogen-bond donors (Lipinski definition) is 2. The minimum Gasteiger partial charge on any atom is -0.341 e. The van der Waals surface area contributed by atoms with Crippen LogP contribution in [0.2, 0.25) is 0 Å². The molecule has 5 rings (SSSR count). The average Bonchev–Trinajstić information content (AvgIpc) is 3.31.